The van der Waals surface area contributed by atoms with Gasteiger partial charge in [-0.05, 0) is 43.9 Å². The Kier molecular flexibility index (Phi) is 8.24. The molecule has 4 saturated heterocycles. The molecule has 0 aliphatic carbocycles. The molecule has 6 nitrogen and oxygen atoms in total. The second kappa shape index (κ2) is 10.9. The number of rotatable bonds is 6. The fourth-order valence-corrected chi connectivity index (χ4v) is 4.84. The van der Waals surface area contributed by atoms with Crippen LogP contribution in [0.15, 0.2) is 0 Å². The molecule has 0 N–H and O–H groups in total. The topological polar surface area (TPSA) is 55.4 Å². The molecule has 0 aromatic rings. The third-order valence-electron chi connectivity index (χ3n) is 6.81. The Hall–Kier alpha value is -0.240. The lowest BCUT2D eigenvalue weighted by Crippen LogP contribution is -2.39. The van der Waals surface area contributed by atoms with Gasteiger partial charge >= 0.3 is 0 Å². The van der Waals surface area contributed by atoms with E-state index in [1.165, 1.54) is 12.8 Å². The molecule has 4 unspecified atom stereocenters. The summed E-state index contributed by atoms with van der Waals surface area (Å²) in [6, 6.07) is 0. The highest BCUT2D eigenvalue weighted by Gasteiger charge is 2.32. The van der Waals surface area contributed by atoms with Crippen LogP contribution in [0.2, 0.25) is 0 Å². The fraction of sp³-hybridized carbons (Fsp3) is 1.00. The van der Waals surface area contributed by atoms with Crippen LogP contribution >= 0.6 is 0 Å². The first-order valence-corrected chi connectivity index (χ1v) is 11.8. The van der Waals surface area contributed by atoms with Gasteiger partial charge in [0.25, 0.3) is 0 Å². The molecule has 4 heterocycles. The van der Waals surface area contributed by atoms with Crippen molar-refractivity contribution < 1.29 is 28.4 Å². The Labute approximate surface area is 175 Å². The normalized spacial score (nSPS) is 44.5. The first-order chi connectivity index (χ1) is 14.1. The van der Waals surface area contributed by atoms with E-state index in [1.807, 2.05) is 0 Å². The maximum Gasteiger partial charge on any atom is 0.160 e. The molecule has 4 atom stereocenters. The van der Waals surface area contributed by atoms with Gasteiger partial charge in [0.2, 0.25) is 0 Å². The van der Waals surface area contributed by atoms with Gasteiger partial charge in [-0.25, -0.2) is 0 Å². The first-order valence-electron chi connectivity index (χ1n) is 11.8. The lowest BCUT2D eigenvalue weighted by molar-refractivity contribution is -0.226. The van der Waals surface area contributed by atoms with E-state index in [0.29, 0.717) is 29.8 Å². The van der Waals surface area contributed by atoms with Crippen molar-refractivity contribution in [1.29, 1.82) is 0 Å². The second-order valence-corrected chi connectivity index (χ2v) is 9.91. The third-order valence-corrected chi connectivity index (χ3v) is 6.81. The van der Waals surface area contributed by atoms with Crippen molar-refractivity contribution in [3.05, 3.63) is 0 Å². The highest BCUT2D eigenvalue weighted by atomic mass is 16.7. The molecular weight excluding hydrogens is 372 g/mol. The average Bonchev–Trinajstić information content (AvgIpc) is 2.74. The lowest BCUT2D eigenvalue weighted by Gasteiger charge is -2.37. The van der Waals surface area contributed by atoms with E-state index in [1.54, 1.807) is 0 Å². The molecule has 0 saturated carbocycles. The Balaban J connectivity index is 1.08. The lowest BCUT2D eigenvalue weighted by atomic mass is 9.93. The molecular formula is C23H40O6. The molecule has 0 bridgehead atoms. The van der Waals surface area contributed by atoms with Crippen molar-refractivity contribution in [3.63, 3.8) is 0 Å². The maximum atomic E-state index is 6.12. The predicted molar refractivity (Wildman–Crippen MR) is 108 cm³/mol. The molecule has 168 valence electrons. The van der Waals surface area contributed by atoms with E-state index in [4.69, 9.17) is 28.4 Å². The highest BCUT2D eigenvalue weighted by Crippen LogP contribution is 2.30. The van der Waals surface area contributed by atoms with Crippen LogP contribution in [0.1, 0.15) is 58.8 Å². The van der Waals surface area contributed by atoms with Gasteiger partial charge in [0.05, 0.1) is 38.6 Å². The molecule has 0 radical (unpaired) electrons. The zero-order valence-corrected chi connectivity index (χ0v) is 18.3. The molecule has 0 aromatic carbocycles. The Morgan fingerprint density at radius 2 is 1.03 bits per heavy atom. The molecule has 4 aliphatic rings. The highest BCUT2D eigenvalue weighted by molar-refractivity contribution is 4.77. The molecule has 0 aromatic heterocycles. The minimum Gasteiger partial charge on any atom is -0.378 e. The van der Waals surface area contributed by atoms with Gasteiger partial charge < -0.3 is 28.4 Å². The largest absolute Gasteiger partial charge is 0.378 e. The van der Waals surface area contributed by atoms with E-state index < -0.39 is 0 Å². The van der Waals surface area contributed by atoms with Crippen LogP contribution in [-0.4, -0.2) is 64.4 Å². The molecule has 4 aliphatic heterocycles. The first kappa shape index (κ1) is 22.0. The summed E-state index contributed by atoms with van der Waals surface area (Å²) in [6.45, 7) is 9.30. The SMILES string of the molecule is CC1CCC(CC2COC(CC3CCC(CC4OCC(C)CO4)CO3)OC2)OC1. The van der Waals surface area contributed by atoms with Gasteiger partial charge in [-0.3, -0.25) is 0 Å². The summed E-state index contributed by atoms with van der Waals surface area (Å²) in [7, 11) is 0. The van der Waals surface area contributed by atoms with Gasteiger partial charge in [0, 0.05) is 37.9 Å². The van der Waals surface area contributed by atoms with E-state index in [-0.39, 0.29) is 18.7 Å². The second-order valence-electron chi connectivity index (χ2n) is 9.91. The molecule has 4 fully saturated rings. The minimum absolute atomic E-state index is 0.0466. The fourth-order valence-electron chi connectivity index (χ4n) is 4.84. The van der Waals surface area contributed by atoms with Crippen molar-refractivity contribution in [2.45, 2.75) is 83.6 Å². The molecule has 6 heteroatoms. The summed E-state index contributed by atoms with van der Waals surface area (Å²) in [4.78, 5) is 0. The maximum absolute atomic E-state index is 6.12. The smallest absolute Gasteiger partial charge is 0.160 e. The van der Waals surface area contributed by atoms with Gasteiger partial charge in [-0.1, -0.05) is 13.8 Å². The molecule has 4 rings (SSSR count). The zero-order chi connectivity index (χ0) is 20.1. The van der Waals surface area contributed by atoms with Crippen molar-refractivity contribution >= 4 is 0 Å². The molecule has 29 heavy (non-hydrogen) atoms. The average molecular weight is 413 g/mol. The number of ether oxygens (including phenoxy) is 6. The Morgan fingerprint density at radius 3 is 1.69 bits per heavy atom. The van der Waals surface area contributed by atoms with Crippen LogP contribution in [0.3, 0.4) is 0 Å². The van der Waals surface area contributed by atoms with Crippen LogP contribution in [0, 0.1) is 23.7 Å². The summed E-state index contributed by atoms with van der Waals surface area (Å²) >= 11 is 0. The molecule has 0 amide bonds. The van der Waals surface area contributed by atoms with E-state index in [0.717, 1.165) is 71.7 Å². The van der Waals surface area contributed by atoms with Crippen molar-refractivity contribution in [1.82, 2.24) is 0 Å². The van der Waals surface area contributed by atoms with Gasteiger partial charge in [0.1, 0.15) is 0 Å². The third kappa shape index (κ3) is 6.88. The molecule has 0 spiro atoms. The van der Waals surface area contributed by atoms with Crippen LogP contribution in [0.25, 0.3) is 0 Å². The summed E-state index contributed by atoms with van der Waals surface area (Å²) in [5.41, 5.74) is 0. The van der Waals surface area contributed by atoms with Crippen LogP contribution in [0.5, 0.6) is 0 Å². The van der Waals surface area contributed by atoms with E-state index in [9.17, 15) is 0 Å². The van der Waals surface area contributed by atoms with Crippen LogP contribution in [0.4, 0.5) is 0 Å². The summed E-state index contributed by atoms with van der Waals surface area (Å²) in [6.07, 6.45) is 7.98. The summed E-state index contributed by atoms with van der Waals surface area (Å²) < 4.78 is 35.7. The number of hydrogen-bond donors (Lipinski definition) is 0. The van der Waals surface area contributed by atoms with Gasteiger partial charge in [0.15, 0.2) is 12.6 Å². The monoisotopic (exact) mass is 412 g/mol. The zero-order valence-electron chi connectivity index (χ0n) is 18.3. The van der Waals surface area contributed by atoms with Crippen molar-refractivity contribution in [2.24, 2.45) is 23.7 Å². The van der Waals surface area contributed by atoms with E-state index >= 15 is 0 Å². The summed E-state index contributed by atoms with van der Waals surface area (Å²) in [5.74, 6) is 2.20. The predicted octanol–water partition coefficient (Wildman–Crippen LogP) is 3.77. The quantitative estimate of drug-likeness (QED) is 0.662. The standard InChI is InChI=1S/C23H40O6/c1-16-3-5-20(24-10-16)7-19-14-28-23(29-15-19)9-21-6-4-18(13-25-21)8-22-26-11-17(2)12-27-22/h16-23H,3-15H2,1-2H3. The Bertz CT molecular complexity index is 414. The van der Waals surface area contributed by atoms with Crippen LogP contribution in [-0.2, 0) is 28.4 Å². The Morgan fingerprint density at radius 1 is 0.483 bits per heavy atom. The van der Waals surface area contributed by atoms with Crippen LogP contribution < -0.4 is 0 Å². The van der Waals surface area contributed by atoms with E-state index in [2.05, 4.69) is 13.8 Å². The van der Waals surface area contributed by atoms with Gasteiger partial charge in [-0.2, -0.15) is 0 Å². The summed E-state index contributed by atoms with van der Waals surface area (Å²) in [5, 5.41) is 0. The van der Waals surface area contributed by atoms with Crippen molar-refractivity contribution in [2.75, 3.05) is 39.6 Å². The van der Waals surface area contributed by atoms with Crippen molar-refractivity contribution in [3.8, 4) is 0 Å². The number of hydrogen-bond acceptors (Lipinski definition) is 6. The minimum atomic E-state index is -0.119. The van der Waals surface area contributed by atoms with Gasteiger partial charge in [-0.15, -0.1) is 0 Å².